The van der Waals surface area contributed by atoms with Gasteiger partial charge < -0.3 is 20.4 Å². The van der Waals surface area contributed by atoms with Crippen LogP contribution in [-0.2, 0) is 0 Å². The Labute approximate surface area is 115 Å². The summed E-state index contributed by atoms with van der Waals surface area (Å²) in [6, 6.07) is 8.69. The molecule has 0 saturated carbocycles. The molecule has 3 N–H and O–H groups in total. The van der Waals surface area contributed by atoms with Crippen LogP contribution in [0.25, 0.3) is 0 Å². The summed E-state index contributed by atoms with van der Waals surface area (Å²) in [7, 11) is 0. The minimum absolute atomic E-state index is 0.108. The van der Waals surface area contributed by atoms with Gasteiger partial charge in [-0.1, -0.05) is 17.3 Å². The topological polar surface area (TPSA) is 103 Å². The molecule has 7 nitrogen and oxygen atoms in total. The third-order valence-electron chi connectivity index (χ3n) is 2.43. The summed E-state index contributed by atoms with van der Waals surface area (Å²) in [5.41, 5.74) is 5.91. The molecule has 1 heterocycles. The van der Waals surface area contributed by atoms with Crippen LogP contribution in [0.15, 0.2) is 41.7 Å². The molecule has 1 aromatic heterocycles. The van der Waals surface area contributed by atoms with Gasteiger partial charge in [0.1, 0.15) is 0 Å². The van der Waals surface area contributed by atoms with Gasteiger partial charge in [0.2, 0.25) is 5.88 Å². The molecule has 7 heteroatoms. The van der Waals surface area contributed by atoms with Crippen LogP contribution < -0.4 is 15.2 Å². The fourth-order valence-electron chi connectivity index (χ4n) is 1.56. The van der Waals surface area contributed by atoms with E-state index in [0.717, 1.165) is 0 Å². The number of hydrogen-bond acceptors (Lipinski definition) is 6. The number of ether oxygens (including phenoxy) is 2. The van der Waals surface area contributed by atoms with Gasteiger partial charge in [-0.3, -0.25) is 0 Å². The van der Waals surface area contributed by atoms with Gasteiger partial charge in [0.25, 0.3) is 0 Å². The fraction of sp³-hybridized carbons (Fsp3) is 0.154. The molecule has 0 fully saturated rings. The Morgan fingerprint density at radius 2 is 2.05 bits per heavy atom. The molecule has 0 amide bonds. The number of amidine groups is 1. The quantitative estimate of drug-likeness (QED) is 0.373. The highest BCUT2D eigenvalue weighted by Crippen LogP contribution is 2.31. The second-order valence-corrected chi connectivity index (χ2v) is 3.72. The van der Waals surface area contributed by atoms with Crippen LogP contribution in [0.4, 0.5) is 0 Å². The summed E-state index contributed by atoms with van der Waals surface area (Å²) < 4.78 is 11.1. The minimum Gasteiger partial charge on any atom is -0.490 e. The Balaban J connectivity index is 2.36. The van der Waals surface area contributed by atoms with Gasteiger partial charge in [0.05, 0.1) is 18.4 Å². The van der Waals surface area contributed by atoms with Crippen LogP contribution in [0.5, 0.6) is 17.4 Å². The van der Waals surface area contributed by atoms with Crippen molar-refractivity contribution in [3.63, 3.8) is 0 Å². The molecular weight excluding hydrogens is 260 g/mol. The molecule has 2 aromatic rings. The van der Waals surface area contributed by atoms with E-state index < -0.39 is 0 Å². The van der Waals surface area contributed by atoms with Crippen molar-refractivity contribution < 1.29 is 14.7 Å². The maximum absolute atomic E-state index is 8.75. The van der Waals surface area contributed by atoms with Gasteiger partial charge in [0.15, 0.2) is 17.3 Å². The Kier molecular flexibility index (Phi) is 4.33. The first-order valence-electron chi connectivity index (χ1n) is 5.95. The highest BCUT2D eigenvalue weighted by Gasteiger charge is 2.13. The Hall–Kier alpha value is -2.83. The van der Waals surface area contributed by atoms with Crippen molar-refractivity contribution >= 4 is 5.84 Å². The van der Waals surface area contributed by atoms with Crippen molar-refractivity contribution in [1.82, 2.24) is 10.2 Å². The van der Waals surface area contributed by atoms with Crippen molar-refractivity contribution in [3.8, 4) is 17.4 Å². The van der Waals surface area contributed by atoms with Crippen LogP contribution in [0, 0.1) is 0 Å². The van der Waals surface area contributed by atoms with Crippen LogP contribution in [0.1, 0.15) is 12.5 Å². The summed E-state index contributed by atoms with van der Waals surface area (Å²) >= 11 is 0. The Morgan fingerprint density at radius 1 is 1.30 bits per heavy atom. The normalized spacial score (nSPS) is 11.2. The molecule has 0 unspecified atom stereocenters. The number of aromatic nitrogens is 2. The van der Waals surface area contributed by atoms with Gasteiger partial charge in [-0.05, 0) is 25.1 Å². The monoisotopic (exact) mass is 274 g/mol. The second kappa shape index (κ2) is 6.37. The third-order valence-corrected chi connectivity index (χ3v) is 2.43. The maximum Gasteiger partial charge on any atom is 0.250 e. The van der Waals surface area contributed by atoms with E-state index in [4.69, 9.17) is 20.4 Å². The van der Waals surface area contributed by atoms with E-state index in [9.17, 15) is 0 Å². The average molecular weight is 274 g/mol. The fourth-order valence-corrected chi connectivity index (χ4v) is 1.56. The van der Waals surface area contributed by atoms with Gasteiger partial charge in [-0.2, -0.15) is 5.10 Å². The van der Waals surface area contributed by atoms with E-state index in [-0.39, 0.29) is 11.7 Å². The van der Waals surface area contributed by atoms with Gasteiger partial charge in [-0.15, -0.1) is 5.10 Å². The van der Waals surface area contributed by atoms with Gasteiger partial charge in [-0.25, -0.2) is 0 Å². The van der Waals surface area contributed by atoms with E-state index in [1.807, 2.05) is 13.0 Å². The van der Waals surface area contributed by atoms with Gasteiger partial charge >= 0.3 is 0 Å². The molecule has 1 aromatic carbocycles. The number of para-hydroxylation sites is 2. The van der Waals surface area contributed by atoms with E-state index in [1.54, 1.807) is 24.3 Å². The molecule has 0 spiro atoms. The first-order valence-corrected chi connectivity index (χ1v) is 5.95. The zero-order valence-corrected chi connectivity index (χ0v) is 10.9. The summed E-state index contributed by atoms with van der Waals surface area (Å²) in [6.07, 6.45) is 1.43. The predicted molar refractivity (Wildman–Crippen MR) is 72.2 cm³/mol. The molecule has 2 rings (SSSR count). The molecule has 0 aliphatic carbocycles. The second-order valence-electron chi connectivity index (χ2n) is 3.72. The average Bonchev–Trinajstić information content (AvgIpc) is 2.49. The summed E-state index contributed by atoms with van der Waals surface area (Å²) in [4.78, 5) is 0. The van der Waals surface area contributed by atoms with Crippen molar-refractivity contribution in [2.24, 2.45) is 10.9 Å². The van der Waals surface area contributed by atoms with Crippen molar-refractivity contribution in [2.75, 3.05) is 6.61 Å². The summed E-state index contributed by atoms with van der Waals surface area (Å²) in [5, 5.41) is 19.3. The lowest BCUT2D eigenvalue weighted by Crippen LogP contribution is -2.15. The van der Waals surface area contributed by atoms with Crippen LogP contribution >= 0.6 is 0 Å². The molecule has 0 atom stereocenters. The maximum atomic E-state index is 8.75. The number of rotatable bonds is 5. The molecule has 0 aliphatic rings. The minimum atomic E-state index is -0.108. The van der Waals surface area contributed by atoms with Crippen molar-refractivity contribution in [2.45, 2.75) is 6.92 Å². The van der Waals surface area contributed by atoms with E-state index in [2.05, 4.69) is 15.4 Å². The number of hydrogen-bond donors (Lipinski definition) is 2. The molecule has 0 radical (unpaired) electrons. The van der Waals surface area contributed by atoms with E-state index >= 15 is 0 Å². The molecule has 0 bridgehead atoms. The lowest BCUT2D eigenvalue weighted by Gasteiger charge is -2.11. The predicted octanol–water partition coefficient (Wildman–Crippen LogP) is 1.76. The first kappa shape index (κ1) is 13.6. The van der Waals surface area contributed by atoms with Crippen LogP contribution in [-0.4, -0.2) is 27.8 Å². The van der Waals surface area contributed by atoms with Crippen LogP contribution in [0.2, 0.25) is 0 Å². The first-order chi connectivity index (χ1) is 9.76. The summed E-state index contributed by atoms with van der Waals surface area (Å²) in [5.74, 6) is 1.08. The standard InChI is InChI=1S/C13H14N4O3/c1-2-19-10-5-3-4-6-11(10)20-13-9(12(14)17-18)7-8-15-16-13/h3-8,18H,2H2,1H3,(H2,14,17). The molecule has 104 valence electrons. The molecule has 20 heavy (non-hydrogen) atoms. The number of benzene rings is 1. The highest BCUT2D eigenvalue weighted by atomic mass is 16.5. The SMILES string of the molecule is CCOc1ccccc1Oc1nnccc1/C(N)=N/O. The number of nitrogens with zero attached hydrogens (tertiary/aromatic N) is 3. The lowest BCUT2D eigenvalue weighted by atomic mass is 10.2. The Morgan fingerprint density at radius 3 is 2.75 bits per heavy atom. The smallest absolute Gasteiger partial charge is 0.250 e. The van der Waals surface area contributed by atoms with Gasteiger partial charge in [0, 0.05) is 0 Å². The highest BCUT2D eigenvalue weighted by molar-refractivity contribution is 5.98. The van der Waals surface area contributed by atoms with E-state index in [0.29, 0.717) is 23.7 Å². The number of nitrogens with two attached hydrogens (primary N) is 1. The molecular formula is C13H14N4O3. The lowest BCUT2D eigenvalue weighted by molar-refractivity contribution is 0.316. The third kappa shape index (κ3) is 2.94. The molecule has 0 aliphatic heterocycles. The zero-order valence-electron chi connectivity index (χ0n) is 10.9. The molecule has 0 saturated heterocycles. The van der Waals surface area contributed by atoms with Crippen molar-refractivity contribution in [1.29, 1.82) is 0 Å². The van der Waals surface area contributed by atoms with E-state index in [1.165, 1.54) is 6.20 Å². The number of oxime groups is 1. The largest absolute Gasteiger partial charge is 0.490 e. The Bertz CT molecular complexity index is 616. The van der Waals surface area contributed by atoms with Crippen LogP contribution in [0.3, 0.4) is 0 Å². The van der Waals surface area contributed by atoms with Crippen molar-refractivity contribution in [3.05, 3.63) is 42.1 Å². The zero-order chi connectivity index (χ0) is 14.4. The summed E-state index contributed by atoms with van der Waals surface area (Å²) in [6.45, 7) is 2.38.